The predicted octanol–water partition coefficient (Wildman–Crippen LogP) is 10.5. The highest BCUT2D eigenvalue weighted by Gasteiger charge is 2.15. The molecule has 0 aliphatic heterocycles. The van der Waals surface area contributed by atoms with Gasteiger partial charge in [-0.15, -0.1) is 0 Å². The molecule has 0 fully saturated rings. The first-order chi connectivity index (χ1) is 19.2. The molecule has 39 heavy (non-hydrogen) atoms. The Labute approximate surface area is 236 Å². The molecule has 4 nitrogen and oxygen atoms in total. The molecule has 0 aliphatic rings. The Bertz CT molecular complexity index is 1120. The molecule has 214 valence electrons. The van der Waals surface area contributed by atoms with E-state index in [2.05, 4.69) is 13.8 Å². The lowest BCUT2D eigenvalue weighted by Gasteiger charge is -2.13. The van der Waals surface area contributed by atoms with E-state index in [0.717, 1.165) is 37.7 Å². The molecule has 3 aromatic rings. The second-order valence-electron chi connectivity index (χ2n) is 10.8. The molecule has 1 heterocycles. The monoisotopic (exact) mass is 534 g/mol. The van der Waals surface area contributed by atoms with Crippen molar-refractivity contribution in [2.24, 2.45) is 0 Å². The van der Waals surface area contributed by atoms with Crippen molar-refractivity contribution >= 4 is 11.0 Å². The van der Waals surface area contributed by atoms with Gasteiger partial charge < -0.3 is 13.9 Å². The average molecular weight is 535 g/mol. The zero-order valence-electron chi connectivity index (χ0n) is 24.5. The highest BCUT2D eigenvalue weighted by Crippen LogP contribution is 2.32. The number of fused-ring (bicyclic) bond motifs is 1. The van der Waals surface area contributed by atoms with Gasteiger partial charge in [0.25, 0.3) is 0 Å². The van der Waals surface area contributed by atoms with E-state index in [-0.39, 0.29) is 5.43 Å². The number of rotatable bonds is 21. The van der Waals surface area contributed by atoms with Crippen LogP contribution in [0.5, 0.6) is 11.5 Å². The van der Waals surface area contributed by atoms with Crippen LogP contribution in [-0.2, 0) is 0 Å². The lowest BCUT2D eigenvalue weighted by Crippen LogP contribution is -2.06. The largest absolute Gasteiger partial charge is 0.493 e. The van der Waals surface area contributed by atoms with Gasteiger partial charge in [-0.25, -0.2) is 0 Å². The van der Waals surface area contributed by atoms with Gasteiger partial charge in [0.05, 0.1) is 13.2 Å². The van der Waals surface area contributed by atoms with Crippen LogP contribution in [0.25, 0.3) is 22.3 Å². The molecule has 1 aromatic heterocycles. The molecule has 0 saturated heterocycles. The first-order valence-electron chi connectivity index (χ1n) is 15.7. The van der Waals surface area contributed by atoms with Crippen LogP contribution >= 0.6 is 0 Å². The van der Waals surface area contributed by atoms with Crippen molar-refractivity contribution in [3.8, 4) is 22.8 Å². The van der Waals surface area contributed by atoms with Crippen molar-refractivity contribution in [2.45, 2.75) is 117 Å². The zero-order valence-corrected chi connectivity index (χ0v) is 24.5. The number of hydrogen-bond donors (Lipinski definition) is 0. The summed E-state index contributed by atoms with van der Waals surface area (Å²) >= 11 is 0. The second-order valence-corrected chi connectivity index (χ2v) is 10.8. The third-order valence-electron chi connectivity index (χ3n) is 7.35. The van der Waals surface area contributed by atoms with Gasteiger partial charge in [-0.3, -0.25) is 4.79 Å². The maximum absolute atomic E-state index is 13.2. The highest BCUT2D eigenvalue weighted by molar-refractivity contribution is 5.86. The van der Waals surface area contributed by atoms with Crippen molar-refractivity contribution < 1.29 is 13.9 Å². The summed E-state index contributed by atoms with van der Waals surface area (Å²) in [6, 6.07) is 15.0. The summed E-state index contributed by atoms with van der Waals surface area (Å²) in [5.41, 5.74) is 1.29. The minimum atomic E-state index is -0.0898. The van der Waals surface area contributed by atoms with Crippen LogP contribution < -0.4 is 14.9 Å². The summed E-state index contributed by atoms with van der Waals surface area (Å²) in [6.45, 7) is 5.68. The van der Waals surface area contributed by atoms with Crippen LogP contribution in [0.2, 0.25) is 0 Å². The highest BCUT2D eigenvalue weighted by atomic mass is 16.5. The Balaban J connectivity index is 1.51. The summed E-state index contributed by atoms with van der Waals surface area (Å²) in [5, 5.41) is 0.491. The van der Waals surface area contributed by atoms with Gasteiger partial charge in [-0.05, 0) is 12.8 Å². The molecule has 0 radical (unpaired) electrons. The van der Waals surface area contributed by atoms with E-state index in [1.54, 1.807) is 6.07 Å². The average Bonchev–Trinajstić information content (AvgIpc) is 2.95. The van der Waals surface area contributed by atoms with Gasteiger partial charge >= 0.3 is 0 Å². The molecular formula is C35H50O4. The van der Waals surface area contributed by atoms with Gasteiger partial charge in [-0.1, -0.05) is 134 Å². The standard InChI is InChI=1S/C35H50O4/c1-3-5-7-8-9-10-11-12-13-14-15-16-21-25-38-33-26-30(37-24-20-6-4-2)27-34-35(33)31(36)28-32(39-34)29-22-18-17-19-23-29/h17-19,22-23,26-28H,3-16,20-21,24-25H2,1-2H3. The minimum Gasteiger partial charge on any atom is -0.493 e. The Kier molecular flexibility index (Phi) is 14.6. The predicted molar refractivity (Wildman–Crippen MR) is 164 cm³/mol. The van der Waals surface area contributed by atoms with E-state index in [1.165, 1.54) is 70.6 Å². The molecule has 0 saturated carbocycles. The zero-order chi connectivity index (χ0) is 27.5. The van der Waals surface area contributed by atoms with Crippen molar-refractivity contribution in [1.29, 1.82) is 0 Å². The molecule has 0 spiro atoms. The Morgan fingerprint density at radius 3 is 1.79 bits per heavy atom. The quantitative estimate of drug-likeness (QED) is 0.128. The molecule has 0 bridgehead atoms. The third-order valence-corrected chi connectivity index (χ3v) is 7.35. The van der Waals surface area contributed by atoms with Crippen LogP contribution in [0.3, 0.4) is 0 Å². The van der Waals surface area contributed by atoms with E-state index in [9.17, 15) is 4.79 Å². The van der Waals surface area contributed by atoms with Crippen molar-refractivity contribution in [2.75, 3.05) is 13.2 Å². The lowest BCUT2D eigenvalue weighted by molar-refractivity contribution is 0.292. The number of hydrogen-bond acceptors (Lipinski definition) is 4. The van der Waals surface area contributed by atoms with Gasteiger partial charge in [0, 0.05) is 23.8 Å². The Hall–Kier alpha value is -2.75. The van der Waals surface area contributed by atoms with Crippen LogP contribution in [0.4, 0.5) is 0 Å². The summed E-state index contributed by atoms with van der Waals surface area (Å²) in [5.74, 6) is 1.80. The van der Waals surface area contributed by atoms with Crippen LogP contribution in [0.1, 0.15) is 117 Å². The summed E-state index contributed by atoms with van der Waals surface area (Å²) in [6.07, 6.45) is 20.4. The van der Waals surface area contributed by atoms with E-state index in [1.807, 2.05) is 42.5 Å². The molecular weight excluding hydrogens is 484 g/mol. The number of unbranched alkanes of at least 4 members (excludes halogenated alkanes) is 14. The maximum atomic E-state index is 13.2. The molecule has 0 amide bonds. The molecule has 0 aliphatic carbocycles. The normalized spacial score (nSPS) is 11.2. The van der Waals surface area contributed by atoms with Gasteiger partial charge in [-0.2, -0.15) is 0 Å². The SMILES string of the molecule is CCCCCCCCCCCCCCCOc1cc(OCCCCC)cc2oc(-c3ccccc3)cc(=O)c12. The van der Waals surface area contributed by atoms with Crippen molar-refractivity contribution in [3.05, 3.63) is 58.8 Å². The third kappa shape index (κ3) is 11.1. The molecule has 2 aromatic carbocycles. The number of ether oxygens (including phenoxy) is 2. The van der Waals surface area contributed by atoms with Crippen molar-refractivity contribution in [3.63, 3.8) is 0 Å². The number of benzene rings is 2. The van der Waals surface area contributed by atoms with Crippen LogP contribution in [0, 0.1) is 0 Å². The fraction of sp³-hybridized carbons (Fsp3) is 0.571. The van der Waals surface area contributed by atoms with Crippen molar-refractivity contribution in [1.82, 2.24) is 0 Å². The van der Waals surface area contributed by atoms with E-state index in [0.29, 0.717) is 41.4 Å². The molecule has 0 unspecified atom stereocenters. The van der Waals surface area contributed by atoms with Gasteiger partial charge in [0.15, 0.2) is 5.43 Å². The minimum absolute atomic E-state index is 0.0898. The summed E-state index contributed by atoms with van der Waals surface area (Å²) in [4.78, 5) is 13.2. The molecule has 0 N–H and O–H groups in total. The molecule has 3 rings (SSSR count). The second kappa shape index (κ2) is 18.5. The maximum Gasteiger partial charge on any atom is 0.197 e. The van der Waals surface area contributed by atoms with Gasteiger partial charge in [0.1, 0.15) is 28.2 Å². The Morgan fingerprint density at radius 2 is 1.15 bits per heavy atom. The first kappa shape index (κ1) is 30.8. The fourth-order valence-electron chi connectivity index (χ4n) is 5.01. The topological polar surface area (TPSA) is 48.7 Å². The van der Waals surface area contributed by atoms with Gasteiger partial charge in [0.2, 0.25) is 0 Å². The molecule has 4 heteroatoms. The van der Waals surface area contributed by atoms with E-state index < -0.39 is 0 Å². The van der Waals surface area contributed by atoms with Crippen LogP contribution in [0.15, 0.2) is 57.7 Å². The first-order valence-corrected chi connectivity index (χ1v) is 15.7. The van der Waals surface area contributed by atoms with E-state index in [4.69, 9.17) is 13.9 Å². The van der Waals surface area contributed by atoms with Crippen LogP contribution in [-0.4, -0.2) is 13.2 Å². The smallest absolute Gasteiger partial charge is 0.197 e. The van der Waals surface area contributed by atoms with E-state index >= 15 is 0 Å². The fourth-order valence-corrected chi connectivity index (χ4v) is 5.01. The summed E-state index contributed by atoms with van der Waals surface area (Å²) in [7, 11) is 0. The lowest BCUT2D eigenvalue weighted by atomic mass is 10.0. The Morgan fingerprint density at radius 1 is 0.615 bits per heavy atom. The summed E-state index contributed by atoms with van der Waals surface area (Å²) < 4.78 is 18.4. The molecule has 0 atom stereocenters.